The maximum atomic E-state index is 12.7. The lowest BCUT2D eigenvalue weighted by molar-refractivity contribution is -0.137. The summed E-state index contributed by atoms with van der Waals surface area (Å²) in [6.07, 6.45) is -1.28. The third-order valence-electron chi connectivity index (χ3n) is 5.15. The van der Waals surface area contributed by atoms with Gasteiger partial charge in [-0.15, -0.1) is 0 Å². The van der Waals surface area contributed by atoms with Gasteiger partial charge in [-0.1, -0.05) is 6.07 Å². The molecule has 1 aromatic carbocycles. The monoisotopic (exact) mass is 415 g/mol. The van der Waals surface area contributed by atoms with Crippen LogP contribution in [0.5, 0.6) is 0 Å². The van der Waals surface area contributed by atoms with Crippen LogP contribution in [0.15, 0.2) is 24.3 Å². The van der Waals surface area contributed by atoms with Crippen LogP contribution in [-0.4, -0.2) is 59.9 Å². The highest BCUT2D eigenvalue weighted by atomic mass is 32.2. The lowest BCUT2D eigenvalue weighted by Gasteiger charge is -2.30. The Kier molecular flexibility index (Phi) is 6.87. The molecule has 0 aromatic heterocycles. The molecule has 5 nitrogen and oxygen atoms in total. The minimum Gasteiger partial charge on any atom is -0.350 e. The Bertz CT molecular complexity index is 708. The van der Waals surface area contributed by atoms with Gasteiger partial charge in [0.2, 0.25) is 5.91 Å². The lowest BCUT2D eigenvalue weighted by atomic mass is 10.1. The fraction of sp³-hybridized carbons (Fsp3) is 0.579. The normalized spacial score (nSPS) is 21.5. The fourth-order valence-electron chi connectivity index (χ4n) is 3.67. The first-order valence-corrected chi connectivity index (χ1v) is 10.5. The number of hydrogen-bond donors (Lipinski definition) is 2. The van der Waals surface area contributed by atoms with E-state index < -0.39 is 17.6 Å². The van der Waals surface area contributed by atoms with E-state index in [0.717, 1.165) is 31.6 Å². The number of rotatable bonds is 5. The number of hydrogen-bond acceptors (Lipinski definition) is 4. The Balaban J connectivity index is 1.44. The van der Waals surface area contributed by atoms with E-state index in [0.29, 0.717) is 6.04 Å². The van der Waals surface area contributed by atoms with Crippen molar-refractivity contribution in [3.8, 4) is 0 Å². The SMILES string of the molecule is O=C(CNC(=O)c1cccc(C(F)(F)F)c1)NC1CCN(C2CCSCC2)C1. The molecule has 2 N–H and O–H groups in total. The molecule has 2 heterocycles. The third kappa shape index (κ3) is 5.64. The van der Waals surface area contributed by atoms with Gasteiger partial charge in [-0.05, 0) is 49.0 Å². The minimum atomic E-state index is -4.51. The largest absolute Gasteiger partial charge is 0.416 e. The van der Waals surface area contributed by atoms with Gasteiger partial charge in [0.15, 0.2) is 0 Å². The summed E-state index contributed by atoms with van der Waals surface area (Å²) in [5.74, 6) is 1.33. The second kappa shape index (κ2) is 9.17. The zero-order chi connectivity index (χ0) is 20.1. The van der Waals surface area contributed by atoms with E-state index in [2.05, 4.69) is 15.5 Å². The van der Waals surface area contributed by atoms with Crippen LogP contribution in [0, 0.1) is 0 Å². The molecule has 2 saturated heterocycles. The van der Waals surface area contributed by atoms with Crippen molar-refractivity contribution in [2.24, 2.45) is 0 Å². The Morgan fingerprint density at radius 2 is 1.93 bits per heavy atom. The lowest BCUT2D eigenvalue weighted by Crippen LogP contribution is -2.44. The molecule has 1 unspecified atom stereocenters. The zero-order valence-corrected chi connectivity index (χ0v) is 16.2. The van der Waals surface area contributed by atoms with Gasteiger partial charge in [0.25, 0.3) is 5.91 Å². The summed E-state index contributed by atoms with van der Waals surface area (Å²) in [4.78, 5) is 26.6. The van der Waals surface area contributed by atoms with E-state index >= 15 is 0 Å². The van der Waals surface area contributed by atoms with Crippen LogP contribution in [0.25, 0.3) is 0 Å². The molecule has 0 spiro atoms. The van der Waals surface area contributed by atoms with Crippen LogP contribution in [0.2, 0.25) is 0 Å². The average molecular weight is 415 g/mol. The van der Waals surface area contributed by atoms with E-state index in [1.165, 1.54) is 36.5 Å². The molecule has 2 aliphatic rings. The molecule has 1 atom stereocenters. The smallest absolute Gasteiger partial charge is 0.350 e. The highest BCUT2D eigenvalue weighted by molar-refractivity contribution is 7.99. The summed E-state index contributed by atoms with van der Waals surface area (Å²) < 4.78 is 38.2. The third-order valence-corrected chi connectivity index (χ3v) is 6.20. The first-order valence-electron chi connectivity index (χ1n) is 9.39. The molecule has 0 saturated carbocycles. The molecule has 28 heavy (non-hydrogen) atoms. The summed E-state index contributed by atoms with van der Waals surface area (Å²) in [5, 5.41) is 5.30. The van der Waals surface area contributed by atoms with E-state index in [-0.39, 0.29) is 24.1 Å². The summed E-state index contributed by atoms with van der Waals surface area (Å²) in [5.41, 5.74) is -1.01. The van der Waals surface area contributed by atoms with Gasteiger partial charge in [-0.2, -0.15) is 24.9 Å². The van der Waals surface area contributed by atoms with Gasteiger partial charge in [0.1, 0.15) is 0 Å². The quantitative estimate of drug-likeness (QED) is 0.776. The van der Waals surface area contributed by atoms with Crippen LogP contribution < -0.4 is 10.6 Å². The number of amides is 2. The predicted octanol–water partition coefficient (Wildman–Crippen LogP) is 2.52. The van der Waals surface area contributed by atoms with Gasteiger partial charge in [-0.25, -0.2) is 0 Å². The number of benzene rings is 1. The number of carbonyl (C=O) groups excluding carboxylic acids is 2. The molecule has 0 aliphatic carbocycles. The second-order valence-corrected chi connectivity index (χ2v) is 8.38. The first kappa shape index (κ1) is 21.0. The molecule has 154 valence electrons. The first-order chi connectivity index (χ1) is 13.3. The van der Waals surface area contributed by atoms with Gasteiger partial charge in [0, 0.05) is 30.7 Å². The number of alkyl halides is 3. The van der Waals surface area contributed by atoms with E-state index in [9.17, 15) is 22.8 Å². The summed E-state index contributed by atoms with van der Waals surface area (Å²) in [6, 6.07) is 4.79. The van der Waals surface area contributed by atoms with Gasteiger partial charge < -0.3 is 10.6 Å². The predicted molar refractivity (Wildman–Crippen MR) is 102 cm³/mol. The molecule has 1 aromatic rings. The van der Waals surface area contributed by atoms with Gasteiger partial charge in [-0.3, -0.25) is 14.5 Å². The summed E-state index contributed by atoms with van der Waals surface area (Å²) in [7, 11) is 0. The Labute approximate surface area is 166 Å². The molecule has 0 radical (unpaired) electrons. The summed E-state index contributed by atoms with van der Waals surface area (Å²) >= 11 is 1.98. The molecule has 2 fully saturated rings. The molecular weight excluding hydrogens is 391 g/mol. The highest BCUT2D eigenvalue weighted by Crippen LogP contribution is 2.29. The number of halogens is 3. The minimum absolute atomic E-state index is 0.0486. The number of nitrogens with one attached hydrogen (secondary N) is 2. The van der Waals surface area contributed by atoms with Crippen LogP contribution in [-0.2, 0) is 11.0 Å². The molecule has 0 bridgehead atoms. The average Bonchev–Trinajstić information content (AvgIpc) is 3.14. The maximum Gasteiger partial charge on any atom is 0.416 e. The number of thioether (sulfide) groups is 1. The van der Waals surface area contributed by atoms with Crippen LogP contribution >= 0.6 is 11.8 Å². The van der Waals surface area contributed by atoms with Crippen molar-refractivity contribution in [3.63, 3.8) is 0 Å². The van der Waals surface area contributed by atoms with Crippen molar-refractivity contribution < 1.29 is 22.8 Å². The highest BCUT2D eigenvalue weighted by Gasteiger charge is 2.31. The van der Waals surface area contributed by atoms with Crippen LogP contribution in [0.3, 0.4) is 0 Å². The van der Waals surface area contributed by atoms with Crippen molar-refractivity contribution in [1.29, 1.82) is 0 Å². The number of likely N-dealkylation sites (tertiary alicyclic amines) is 1. The summed E-state index contributed by atoms with van der Waals surface area (Å²) in [6.45, 7) is 1.51. The number of nitrogens with zero attached hydrogens (tertiary/aromatic N) is 1. The number of carbonyl (C=O) groups is 2. The van der Waals surface area contributed by atoms with Crippen molar-refractivity contribution in [3.05, 3.63) is 35.4 Å². The molecule has 3 rings (SSSR count). The van der Waals surface area contributed by atoms with E-state index in [1.54, 1.807) is 0 Å². The topological polar surface area (TPSA) is 61.4 Å². The Hall–Kier alpha value is -1.74. The molecule has 2 aliphatic heterocycles. The van der Waals surface area contributed by atoms with Crippen molar-refractivity contribution in [1.82, 2.24) is 15.5 Å². The Morgan fingerprint density at radius 1 is 1.18 bits per heavy atom. The standard InChI is InChI=1S/C19H24F3N3O2S/c20-19(21,22)14-3-1-2-13(10-14)18(27)23-11-17(26)24-15-4-7-25(12-15)16-5-8-28-9-6-16/h1-3,10,15-16H,4-9,11-12H2,(H,23,27)(H,24,26). The van der Waals surface area contributed by atoms with Gasteiger partial charge in [0.05, 0.1) is 12.1 Å². The molecule has 2 amide bonds. The van der Waals surface area contributed by atoms with E-state index in [1.807, 2.05) is 11.8 Å². The molecular formula is C19H24F3N3O2S. The van der Waals surface area contributed by atoms with Crippen LogP contribution in [0.4, 0.5) is 13.2 Å². The van der Waals surface area contributed by atoms with Gasteiger partial charge >= 0.3 is 6.18 Å². The van der Waals surface area contributed by atoms with Crippen molar-refractivity contribution in [2.75, 3.05) is 31.1 Å². The maximum absolute atomic E-state index is 12.7. The Morgan fingerprint density at radius 3 is 2.64 bits per heavy atom. The van der Waals surface area contributed by atoms with Crippen molar-refractivity contribution >= 4 is 23.6 Å². The fourth-order valence-corrected chi connectivity index (χ4v) is 4.75. The second-order valence-electron chi connectivity index (χ2n) is 7.15. The van der Waals surface area contributed by atoms with Crippen molar-refractivity contribution in [2.45, 2.75) is 37.5 Å². The zero-order valence-electron chi connectivity index (χ0n) is 15.4. The molecule has 9 heteroatoms. The van der Waals surface area contributed by atoms with Crippen LogP contribution in [0.1, 0.15) is 35.2 Å². The van der Waals surface area contributed by atoms with E-state index in [4.69, 9.17) is 0 Å².